The number of ether oxygens (including phenoxy) is 1. The molecule has 3 rings (SSSR count). The number of hydrogen-bond acceptors (Lipinski definition) is 3. The van der Waals surface area contributed by atoms with Gasteiger partial charge >= 0.3 is 6.09 Å². The van der Waals surface area contributed by atoms with Crippen LogP contribution in [0.15, 0.2) is 48.8 Å². The summed E-state index contributed by atoms with van der Waals surface area (Å²) < 4.78 is 7.44. The van der Waals surface area contributed by atoms with E-state index in [0.29, 0.717) is 31.1 Å². The zero-order valence-electron chi connectivity index (χ0n) is 17.8. The lowest BCUT2D eigenvalue weighted by Gasteiger charge is -2.34. The molecule has 0 radical (unpaired) electrons. The zero-order valence-corrected chi connectivity index (χ0v) is 17.8. The van der Waals surface area contributed by atoms with Crippen LogP contribution in [0.25, 0.3) is 5.69 Å². The maximum atomic E-state index is 12.9. The van der Waals surface area contributed by atoms with Gasteiger partial charge in [0, 0.05) is 50.3 Å². The number of rotatable bonds is 4. The van der Waals surface area contributed by atoms with Gasteiger partial charge in [0.2, 0.25) is 0 Å². The van der Waals surface area contributed by atoms with Gasteiger partial charge in [0.15, 0.2) is 0 Å². The third-order valence-electron chi connectivity index (χ3n) is 5.14. The highest BCUT2D eigenvalue weighted by Gasteiger charge is 2.28. The van der Waals surface area contributed by atoms with Crippen LogP contribution in [0.4, 0.5) is 4.79 Å². The predicted molar refractivity (Wildman–Crippen MR) is 113 cm³/mol. The van der Waals surface area contributed by atoms with E-state index in [9.17, 15) is 9.59 Å². The minimum atomic E-state index is -0.476. The smallest absolute Gasteiger partial charge is 0.410 e. The highest BCUT2D eigenvalue weighted by Crippen LogP contribution is 2.21. The van der Waals surface area contributed by atoms with Crippen molar-refractivity contribution in [3.05, 3.63) is 54.4 Å². The Kier molecular flexibility index (Phi) is 6.30. The molecular weight excluding hydrogens is 366 g/mol. The molecule has 1 aliphatic rings. The molecule has 2 amide bonds. The summed E-state index contributed by atoms with van der Waals surface area (Å²) in [4.78, 5) is 28.7. The number of carbonyl (C=O) groups is 2. The van der Waals surface area contributed by atoms with Crippen molar-refractivity contribution in [3.63, 3.8) is 0 Å². The summed E-state index contributed by atoms with van der Waals surface area (Å²) in [5.41, 5.74) is 1.18. The maximum absolute atomic E-state index is 12.9. The number of hydrogen-bond donors (Lipinski definition) is 0. The average molecular weight is 398 g/mol. The van der Waals surface area contributed by atoms with E-state index in [1.807, 2.05) is 81.2 Å². The lowest BCUT2D eigenvalue weighted by molar-refractivity contribution is 0.0171. The second kappa shape index (κ2) is 8.72. The largest absolute Gasteiger partial charge is 0.444 e. The highest BCUT2D eigenvalue weighted by molar-refractivity contribution is 5.94. The first-order chi connectivity index (χ1) is 13.7. The van der Waals surface area contributed by atoms with Crippen molar-refractivity contribution in [3.8, 4) is 5.69 Å². The fourth-order valence-corrected chi connectivity index (χ4v) is 3.62. The summed E-state index contributed by atoms with van der Waals surface area (Å²) in [6.45, 7) is 7.67. The lowest BCUT2D eigenvalue weighted by atomic mass is 9.96. The zero-order chi connectivity index (χ0) is 21.0. The van der Waals surface area contributed by atoms with E-state index in [4.69, 9.17) is 4.74 Å². The average Bonchev–Trinajstić information content (AvgIpc) is 3.21. The Hall–Kier alpha value is -2.76. The fraction of sp³-hybridized carbons (Fsp3) is 0.478. The Morgan fingerprint density at radius 1 is 1.10 bits per heavy atom. The molecule has 0 bridgehead atoms. The number of amides is 2. The molecule has 0 saturated carbocycles. The second-order valence-corrected chi connectivity index (χ2v) is 8.74. The Balaban J connectivity index is 1.53. The minimum Gasteiger partial charge on any atom is -0.444 e. The molecule has 0 unspecified atom stereocenters. The highest BCUT2D eigenvalue weighted by atomic mass is 16.6. The lowest BCUT2D eigenvalue weighted by Crippen LogP contribution is -2.44. The summed E-state index contributed by atoms with van der Waals surface area (Å²) in [6, 6.07) is 11.6. The number of aromatic nitrogens is 1. The molecule has 156 valence electrons. The summed E-state index contributed by atoms with van der Waals surface area (Å²) in [6.07, 6.45) is 5.43. The number of carbonyl (C=O) groups excluding carboxylic acids is 2. The molecular formula is C23H31N3O3. The van der Waals surface area contributed by atoms with Gasteiger partial charge in [-0.25, -0.2) is 4.79 Å². The molecule has 6 nitrogen and oxygen atoms in total. The molecule has 29 heavy (non-hydrogen) atoms. The standard InChI is InChI=1S/C23H31N3O3/c1-23(2,3)29-22(28)26-14-10-18(11-15-26)17-24(4)21(27)19-8-7-9-20(16-19)25-12-5-6-13-25/h5-9,12-13,16,18H,10-11,14-15,17H2,1-4H3. The molecule has 1 aromatic carbocycles. The SMILES string of the molecule is CN(CC1CCN(C(=O)OC(C)(C)C)CC1)C(=O)c1cccc(-n2cccc2)c1. The molecule has 1 aromatic heterocycles. The molecule has 1 saturated heterocycles. The Labute approximate surface area is 173 Å². The van der Waals surface area contributed by atoms with E-state index in [-0.39, 0.29) is 12.0 Å². The molecule has 2 heterocycles. The van der Waals surface area contributed by atoms with E-state index in [0.717, 1.165) is 18.5 Å². The fourth-order valence-electron chi connectivity index (χ4n) is 3.62. The van der Waals surface area contributed by atoms with Gasteiger partial charge in [0.1, 0.15) is 5.60 Å². The summed E-state index contributed by atoms with van der Waals surface area (Å²) >= 11 is 0. The molecule has 1 aliphatic heterocycles. The molecule has 6 heteroatoms. The molecule has 0 atom stereocenters. The van der Waals surface area contributed by atoms with Gasteiger partial charge in [-0.2, -0.15) is 0 Å². The van der Waals surface area contributed by atoms with Crippen molar-refractivity contribution >= 4 is 12.0 Å². The van der Waals surface area contributed by atoms with Gasteiger partial charge in [-0.1, -0.05) is 6.07 Å². The molecule has 1 fully saturated rings. The van der Waals surface area contributed by atoms with Crippen molar-refractivity contribution < 1.29 is 14.3 Å². The molecule has 2 aromatic rings. The van der Waals surface area contributed by atoms with Crippen LogP contribution in [0.2, 0.25) is 0 Å². The second-order valence-electron chi connectivity index (χ2n) is 8.74. The van der Waals surface area contributed by atoms with Crippen LogP contribution in [0.1, 0.15) is 44.0 Å². The number of benzene rings is 1. The normalized spacial score (nSPS) is 15.2. The van der Waals surface area contributed by atoms with Gasteiger partial charge in [-0.05, 0) is 69.9 Å². The predicted octanol–water partition coefficient (Wildman–Crippen LogP) is 4.20. The van der Waals surface area contributed by atoms with Gasteiger partial charge in [0.05, 0.1) is 0 Å². The molecule has 0 N–H and O–H groups in total. The third-order valence-corrected chi connectivity index (χ3v) is 5.14. The van der Waals surface area contributed by atoms with Crippen molar-refractivity contribution in [2.75, 3.05) is 26.7 Å². The molecule has 0 aliphatic carbocycles. The van der Waals surface area contributed by atoms with E-state index in [1.54, 1.807) is 9.80 Å². The van der Waals surface area contributed by atoms with Crippen LogP contribution in [0.3, 0.4) is 0 Å². The number of likely N-dealkylation sites (tertiary alicyclic amines) is 1. The minimum absolute atomic E-state index is 0.0218. The Morgan fingerprint density at radius 3 is 2.38 bits per heavy atom. The van der Waals surface area contributed by atoms with Crippen molar-refractivity contribution in [1.82, 2.24) is 14.4 Å². The van der Waals surface area contributed by atoms with Crippen molar-refractivity contribution in [2.45, 2.75) is 39.2 Å². The Morgan fingerprint density at radius 2 is 1.76 bits per heavy atom. The van der Waals surface area contributed by atoms with E-state index in [1.165, 1.54) is 0 Å². The van der Waals surface area contributed by atoms with Crippen molar-refractivity contribution in [1.29, 1.82) is 0 Å². The van der Waals surface area contributed by atoms with Crippen LogP contribution < -0.4 is 0 Å². The number of nitrogens with zero attached hydrogens (tertiary/aromatic N) is 3. The van der Waals surface area contributed by atoms with Crippen LogP contribution >= 0.6 is 0 Å². The van der Waals surface area contributed by atoms with Crippen LogP contribution in [-0.2, 0) is 4.74 Å². The maximum Gasteiger partial charge on any atom is 0.410 e. The summed E-state index contributed by atoms with van der Waals surface area (Å²) in [5.74, 6) is 0.406. The van der Waals surface area contributed by atoms with Crippen LogP contribution in [-0.4, -0.2) is 58.7 Å². The van der Waals surface area contributed by atoms with Gasteiger partial charge in [-0.15, -0.1) is 0 Å². The van der Waals surface area contributed by atoms with Crippen LogP contribution in [0, 0.1) is 5.92 Å². The topological polar surface area (TPSA) is 54.8 Å². The first kappa shape index (κ1) is 21.0. The number of piperidine rings is 1. The quantitative estimate of drug-likeness (QED) is 0.777. The first-order valence-corrected chi connectivity index (χ1v) is 10.2. The van der Waals surface area contributed by atoms with Crippen molar-refractivity contribution in [2.24, 2.45) is 5.92 Å². The first-order valence-electron chi connectivity index (χ1n) is 10.2. The monoisotopic (exact) mass is 397 g/mol. The van der Waals surface area contributed by atoms with Gasteiger partial charge in [0.25, 0.3) is 5.91 Å². The van der Waals surface area contributed by atoms with Gasteiger partial charge in [-0.3, -0.25) is 4.79 Å². The molecule has 0 spiro atoms. The van der Waals surface area contributed by atoms with E-state index >= 15 is 0 Å². The van der Waals surface area contributed by atoms with E-state index in [2.05, 4.69) is 0 Å². The Bertz CT molecular complexity index is 831. The summed E-state index contributed by atoms with van der Waals surface area (Å²) in [5, 5.41) is 0. The summed E-state index contributed by atoms with van der Waals surface area (Å²) in [7, 11) is 1.85. The van der Waals surface area contributed by atoms with E-state index < -0.39 is 5.60 Å². The van der Waals surface area contributed by atoms with Crippen LogP contribution in [0.5, 0.6) is 0 Å². The third kappa shape index (κ3) is 5.62. The van der Waals surface area contributed by atoms with Gasteiger partial charge < -0.3 is 19.1 Å².